The topological polar surface area (TPSA) is 24.7 Å². The van der Waals surface area contributed by atoms with Crippen LogP contribution in [0, 0.1) is 29.1 Å². The van der Waals surface area contributed by atoms with E-state index in [-0.39, 0.29) is 0 Å². The molecule has 0 amide bonds. The van der Waals surface area contributed by atoms with Crippen molar-refractivity contribution in [2.45, 2.75) is 106 Å². The maximum atomic E-state index is 4.97. The Morgan fingerprint density at radius 2 is 1.92 bits per heavy atom. The van der Waals surface area contributed by atoms with E-state index in [1.54, 1.807) is 0 Å². The van der Waals surface area contributed by atoms with Gasteiger partial charge in [-0.25, -0.2) is 0 Å². The van der Waals surface area contributed by atoms with Gasteiger partial charge >= 0.3 is 0 Å². The zero-order chi connectivity index (χ0) is 19.7. The SMILES string of the molecule is CCCCCC(C)N=CC(CC)C(C(C)=NC)C1CCC(C)(C)C(C)C1. The summed E-state index contributed by atoms with van der Waals surface area (Å²) in [6, 6.07) is 0.458. The summed E-state index contributed by atoms with van der Waals surface area (Å²) in [7, 11) is 1.97. The highest BCUT2D eigenvalue weighted by atomic mass is 14.8. The van der Waals surface area contributed by atoms with Gasteiger partial charge in [0.05, 0.1) is 0 Å². The van der Waals surface area contributed by atoms with Crippen molar-refractivity contribution in [2.75, 3.05) is 7.05 Å². The summed E-state index contributed by atoms with van der Waals surface area (Å²) in [6.07, 6.45) is 12.6. The largest absolute Gasteiger partial charge is 0.297 e. The van der Waals surface area contributed by atoms with Crippen LogP contribution in [0.15, 0.2) is 9.98 Å². The molecule has 2 heteroatoms. The fourth-order valence-corrected chi connectivity index (χ4v) is 4.64. The van der Waals surface area contributed by atoms with Crippen molar-refractivity contribution >= 4 is 11.9 Å². The molecule has 0 aliphatic heterocycles. The molecule has 0 aromatic heterocycles. The fourth-order valence-electron chi connectivity index (χ4n) is 4.64. The van der Waals surface area contributed by atoms with Crippen LogP contribution in [-0.2, 0) is 0 Å². The molecule has 1 rings (SSSR count). The maximum absolute atomic E-state index is 4.97. The zero-order valence-corrected chi connectivity index (χ0v) is 19.0. The van der Waals surface area contributed by atoms with Crippen molar-refractivity contribution in [3.63, 3.8) is 0 Å². The van der Waals surface area contributed by atoms with Crippen LogP contribution < -0.4 is 0 Å². The van der Waals surface area contributed by atoms with E-state index in [0.29, 0.717) is 23.3 Å². The van der Waals surface area contributed by atoms with Crippen LogP contribution in [0.2, 0.25) is 0 Å². The highest BCUT2D eigenvalue weighted by Crippen LogP contribution is 2.46. The summed E-state index contributed by atoms with van der Waals surface area (Å²) in [5.74, 6) is 2.64. The van der Waals surface area contributed by atoms with Gasteiger partial charge in [0.1, 0.15) is 0 Å². The molecule has 2 nitrogen and oxygen atoms in total. The molecule has 0 aromatic carbocycles. The highest BCUT2D eigenvalue weighted by Gasteiger charge is 2.39. The van der Waals surface area contributed by atoms with Crippen molar-refractivity contribution in [3.8, 4) is 0 Å². The van der Waals surface area contributed by atoms with Gasteiger partial charge < -0.3 is 0 Å². The Balaban J connectivity index is 2.85. The first kappa shape index (κ1) is 23.4. The van der Waals surface area contributed by atoms with Gasteiger partial charge in [-0.2, -0.15) is 0 Å². The lowest BCUT2D eigenvalue weighted by Crippen LogP contribution is -2.38. The molecular formula is C24H46N2. The van der Waals surface area contributed by atoms with Crippen molar-refractivity contribution < 1.29 is 0 Å². The molecule has 1 saturated carbocycles. The molecule has 1 aliphatic rings. The molecule has 0 aromatic rings. The molecule has 0 radical (unpaired) electrons. The third-order valence-electron chi connectivity index (χ3n) is 7.18. The van der Waals surface area contributed by atoms with Gasteiger partial charge in [0.25, 0.3) is 0 Å². The molecule has 0 bridgehead atoms. The van der Waals surface area contributed by atoms with Crippen molar-refractivity contribution in [3.05, 3.63) is 0 Å². The third-order valence-corrected chi connectivity index (χ3v) is 7.18. The third kappa shape index (κ3) is 6.82. The fraction of sp³-hybridized carbons (Fsp3) is 0.917. The second kappa shape index (κ2) is 11.2. The smallest absolute Gasteiger partial charge is 0.0467 e. The van der Waals surface area contributed by atoms with E-state index < -0.39 is 0 Å². The number of nitrogens with zero attached hydrogens (tertiary/aromatic N) is 2. The maximum Gasteiger partial charge on any atom is 0.0467 e. The molecule has 5 unspecified atom stereocenters. The van der Waals surface area contributed by atoms with E-state index in [4.69, 9.17) is 4.99 Å². The second-order valence-corrected chi connectivity index (χ2v) is 9.53. The Kier molecular flexibility index (Phi) is 10.1. The monoisotopic (exact) mass is 362 g/mol. The lowest BCUT2D eigenvalue weighted by Gasteiger charge is -2.44. The first-order chi connectivity index (χ1) is 12.3. The van der Waals surface area contributed by atoms with Gasteiger partial charge in [0.15, 0.2) is 0 Å². The Morgan fingerprint density at radius 1 is 1.23 bits per heavy atom. The van der Waals surface area contributed by atoms with Crippen LogP contribution in [0.1, 0.15) is 99.8 Å². The molecule has 0 spiro atoms. The van der Waals surface area contributed by atoms with E-state index in [2.05, 4.69) is 59.7 Å². The predicted molar refractivity (Wildman–Crippen MR) is 119 cm³/mol. The number of hydrogen-bond acceptors (Lipinski definition) is 2. The summed E-state index contributed by atoms with van der Waals surface area (Å²) in [5, 5.41) is 0. The molecule has 0 saturated heterocycles. The molecule has 1 fully saturated rings. The predicted octanol–water partition coefficient (Wildman–Crippen LogP) is 7.22. The lowest BCUT2D eigenvalue weighted by atomic mass is 9.61. The zero-order valence-electron chi connectivity index (χ0n) is 19.0. The van der Waals surface area contributed by atoms with E-state index in [1.807, 2.05) is 7.05 Å². The summed E-state index contributed by atoms with van der Waals surface area (Å²) < 4.78 is 0. The van der Waals surface area contributed by atoms with Crippen LogP contribution in [0.4, 0.5) is 0 Å². The Hall–Kier alpha value is -0.660. The Labute approximate surface area is 164 Å². The quantitative estimate of drug-likeness (QED) is 0.289. The van der Waals surface area contributed by atoms with E-state index >= 15 is 0 Å². The van der Waals surface area contributed by atoms with Gasteiger partial charge in [-0.3, -0.25) is 9.98 Å². The van der Waals surface area contributed by atoms with Crippen LogP contribution >= 0.6 is 0 Å². The number of aliphatic imine (C=N–C) groups is 2. The number of unbranched alkanes of at least 4 members (excludes halogenated alkanes) is 2. The molecular weight excluding hydrogens is 316 g/mol. The number of hydrogen-bond donors (Lipinski definition) is 0. The molecule has 1 aliphatic carbocycles. The van der Waals surface area contributed by atoms with E-state index in [0.717, 1.165) is 18.3 Å². The van der Waals surface area contributed by atoms with Crippen LogP contribution in [0.3, 0.4) is 0 Å². The average molecular weight is 363 g/mol. The summed E-state index contributed by atoms with van der Waals surface area (Å²) >= 11 is 0. The molecule has 0 N–H and O–H groups in total. The van der Waals surface area contributed by atoms with Gasteiger partial charge in [0, 0.05) is 36.9 Å². The van der Waals surface area contributed by atoms with E-state index in [9.17, 15) is 0 Å². The summed E-state index contributed by atoms with van der Waals surface area (Å²) in [6.45, 7) is 16.5. The van der Waals surface area contributed by atoms with Gasteiger partial charge in [0.2, 0.25) is 0 Å². The normalized spacial score (nSPS) is 27.5. The minimum Gasteiger partial charge on any atom is -0.297 e. The van der Waals surface area contributed by atoms with Crippen LogP contribution in [-0.4, -0.2) is 25.0 Å². The van der Waals surface area contributed by atoms with Crippen molar-refractivity contribution in [2.24, 2.45) is 39.1 Å². The minimum absolute atomic E-state index is 0.458. The van der Waals surface area contributed by atoms with Crippen molar-refractivity contribution in [1.29, 1.82) is 0 Å². The lowest BCUT2D eigenvalue weighted by molar-refractivity contribution is 0.0901. The Bertz CT molecular complexity index is 449. The molecule has 5 atom stereocenters. The van der Waals surface area contributed by atoms with E-state index in [1.165, 1.54) is 50.7 Å². The standard InChI is InChI=1S/C24H46N2/c1-9-11-12-13-19(4)26-17-21(10-2)23(20(5)25-8)22-14-15-24(6,7)18(3)16-22/h17-19,21-23H,9-16H2,1-8H3. The minimum atomic E-state index is 0.458. The Morgan fingerprint density at radius 3 is 2.46 bits per heavy atom. The molecule has 152 valence electrons. The number of rotatable bonds is 10. The first-order valence-corrected chi connectivity index (χ1v) is 11.2. The first-order valence-electron chi connectivity index (χ1n) is 11.2. The highest BCUT2D eigenvalue weighted by molar-refractivity contribution is 5.87. The van der Waals surface area contributed by atoms with Crippen LogP contribution in [0.25, 0.3) is 0 Å². The van der Waals surface area contributed by atoms with Crippen LogP contribution in [0.5, 0.6) is 0 Å². The van der Waals surface area contributed by atoms with Crippen molar-refractivity contribution in [1.82, 2.24) is 0 Å². The molecule has 0 heterocycles. The average Bonchev–Trinajstić information content (AvgIpc) is 2.61. The van der Waals surface area contributed by atoms with Gasteiger partial charge in [-0.05, 0) is 63.2 Å². The summed E-state index contributed by atoms with van der Waals surface area (Å²) in [4.78, 5) is 9.60. The summed E-state index contributed by atoms with van der Waals surface area (Å²) in [5.41, 5.74) is 1.82. The van der Waals surface area contributed by atoms with Gasteiger partial charge in [-0.1, -0.05) is 53.9 Å². The molecule has 26 heavy (non-hydrogen) atoms. The second-order valence-electron chi connectivity index (χ2n) is 9.53. The van der Waals surface area contributed by atoms with Gasteiger partial charge in [-0.15, -0.1) is 0 Å².